The number of hydrogen-bond acceptors (Lipinski definition) is 3. The number of halogens is 2. The maximum Gasteiger partial charge on any atom is 0.300 e. The topological polar surface area (TPSA) is 57.6 Å². The molecule has 6 heteroatoms. The summed E-state index contributed by atoms with van der Waals surface area (Å²) < 4.78 is 14.9. The Kier molecular flexibility index (Phi) is 5.19. The van der Waals surface area contributed by atoms with Crippen molar-refractivity contribution in [2.45, 2.75) is 6.04 Å². The first-order valence-electron chi connectivity index (χ1n) is 10.3. The Bertz CT molecular complexity index is 1460. The van der Waals surface area contributed by atoms with Gasteiger partial charge in [-0.25, -0.2) is 4.39 Å². The first kappa shape index (κ1) is 20.9. The van der Waals surface area contributed by atoms with E-state index >= 15 is 0 Å². The summed E-state index contributed by atoms with van der Waals surface area (Å²) in [6, 6.07) is 23.9. The summed E-state index contributed by atoms with van der Waals surface area (Å²) in [6.45, 7) is 0. The summed E-state index contributed by atoms with van der Waals surface area (Å²) in [5, 5.41) is 13.4. The molecule has 0 radical (unpaired) electrons. The molecule has 1 aliphatic heterocycles. The number of nitrogens with zero attached hydrogens (tertiary/aromatic N) is 1. The third-order valence-electron chi connectivity index (χ3n) is 5.75. The fourth-order valence-electron chi connectivity index (χ4n) is 4.21. The molecule has 0 saturated carbocycles. The van der Waals surface area contributed by atoms with Crippen molar-refractivity contribution in [2.24, 2.45) is 0 Å². The van der Waals surface area contributed by atoms with Gasteiger partial charge in [0.25, 0.3) is 11.7 Å². The van der Waals surface area contributed by atoms with Crippen molar-refractivity contribution in [3.63, 3.8) is 0 Å². The summed E-state index contributed by atoms with van der Waals surface area (Å²) in [5.74, 6) is -2.72. The van der Waals surface area contributed by atoms with Crippen molar-refractivity contribution in [1.29, 1.82) is 0 Å². The average molecular weight is 458 g/mol. The molecule has 0 aromatic heterocycles. The van der Waals surface area contributed by atoms with Crippen LogP contribution in [0.1, 0.15) is 17.2 Å². The van der Waals surface area contributed by atoms with Crippen molar-refractivity contribution in [1.82, 2.24) is 0 Å². The zero-order valence-corrected chi connectivity index (χ0v) is 18.0. The number of amides is 1. The van der Waals surface area contributed by atoms with E-state index in [-0.39, 0.29) is 16.9 Å². The highest BCUT2D eigenvalue weighted by molar-refractivity contribution is 6.51. The normalized spacial score (nSPS) is 17.6. The van der Waals surface area contributed by atoms with Crippen LogP contribution in [0, 0.1) is 5.82 Å². The van der Waals surface area contributed by atoms with Crippen LogP contribution in [0.25, 0.3) is 16.5 Å². The smallest absolute Gasteiger partial charge is 0.300 e. The molecule has 0 aliphatic carbocycles. The first-order chi connectivity index (χ1) is 16.0. The van der Waals surface area contributed by atoms with Gasteiger partial charge in [-0.1, -0.05) is 72.3 Å². The lowest BCUT2D eigenvalue weighted by atomic mass is 9.94. The number of aliphatic hydroxyl groups excluding tert-OH is 1. The predicted molar refractivity (Wildman–Crippen MR) is 127 cm³/mol. The second-order valence-electron chi connectivity index (χ2n) is 7.73. The van der Waals surface area contributed by atoms with Crippen molar-refractivity contribution in [3.8, 4) is 0 Å². The molecule has 1 N–H and O–H groups in total. The number of fused-ring (bicyclic) bond motifs is 1. The molecule has 4 aromatic rings. The molecule has 1 amide bonds. The van der Waals surface area contributed by atoms with Gasteiger partial charge in [-0.2, -0.15) is 0 Å². The number of ketones is 1. The molecule has 1 aliphatic rings. The standard InChI is InChI=1S/C27H17ClFNO3/c28-19-8-5-9-20(15-19)30-24(21-10-3-4-11-22(21)29)23(26(32)27(30)33)25(31)18-13-12-16-6-1-2-7-17(16)14-18/h1-15,24,31H/b25-23+. The number of rotatable bonds is 3. The Hall–Kier alpha value is -3.96. The van der Waals surface area contributed by atoms with Crippen molar-refractivity contribution in [3.05, 3.63) is 119 Å². The minimum absolute atomic E-state index is 0.0963. The van der Waals surface area contributed by atoms with E-state index in [1.807, 2.05) is 30.3 Å². The Balaban J connectivity index is 1.76. The minimum atomic E-state index is -1.16. The zero-order chi connectivity index (χ0) is 23.1. The van der Waals surface area contributed by atoms with Gasteiger partial charge in [0.15, 0.2) is 0 Å². The molecule has 1 saturated heterocycles. The molecule has 0 bridgehead atoms. The van der Waals surface area contributed by atoms with Gasteiger partial charge in [0.1, 0.15) is 11.6 Å². The largest absolute Gasteiger partial charge is 0.507 e. The van der Waals surface area contributed by atoms with Crippen LogP contribution in [0.2, 0.25) is 5.02 Å². The number of benzene rings is 4. The lowest BCUT2D eigenvalue weighted by Gasteiger charge is -2.26. The molecule has 5 rings (SSSR count). The summed E-state index contributed by atoms with van der Waals surface area (Å²) >= 11 is 6.12. The van der Waals surface area contributed by atoms with Gasteiger partial charge < -0.3 is 5.11 Å². The monoisotopic (exact) mass is 457 g/mol. The van der Waals surface area contributed by atoms with Crippen molar-refractivity contribution in [2.75, 3.05) is 4.90 Å². The van der Waals surface area contributed by atoms with Gasteiger partial charge in [-0.15, -0.1) is 0 Å². The number of anilines is 1. The molecular weight excluding hydrogens is 441 g/mol. The van der Waals surface area contributed by atoms with E-state index in [4.69, 9.17) is 11.6 Å². The van der Waals surface area contributed by atoms with Gasteiger partial charge >= 0.3 is 0 Å². The highest BCUT2D eigenvalue weighted by Crippen LogP contribution is 2.43. The number of carbonyl (C=O) groups excluding carboxylic acids is 2. The van der Waals surface area contributed by atoms with Crippen LogP contribution in [0.4, 0.5) is 10.1 Å². The molecule has 1 atom stereocenters. The fourth-order valence-corrected chi connectivity index (χ4v) is 4.39. The Morgan fingerprint density at radius 3 is 2.33 bits per heavy atom. The summed E-state index contributed by atoms with van der Waals surface area (Å²) in [6.07, 6.45) is 0. The van der Waals surface area contributed by atoms with E-state index in [0.29, 0.717) is 16.3 Å². The fraction of sp³-hybridized carbons (Fsp3) is 0.0370. The van der Waals surface area contributed by atoms with Crippen molar-refractivity contribution < 1.29 is 19.1 Å². The molecule has 1 unspecified atom stereocenters. The van der Waals surface area contributed by atoms with E-state index in [1.54, 1.807) is 36.4 Å². The van der Waals surface area contributed by atoms with Crippen LogP contribution < -0.4 is 4.90 Å². The SMILES string of the molecule is O=C1C(=O)N(c2cccc(Cl)c2)C(c2ccccc2F)/C1=C(\O)c1ccc2ccccc2c1. The highest BCUT2D eigenvalue weighted by Gasteiger charge is 2.47. The lowest BCUT2D eigenvalue weighted by Crippen LogP contribution is -2.29. The quantitative estimate of drug-likeness (QED) is 0.224. The molecule has 1 fully saturated rings. The van der Waals surface area contributed by atoms with Gasteiger partial charge in [-0.3, -0.25) is 14.5 Å². The lowest BCUT2D eigenvalue weighted by molar-refractivity contribution is -0.132. The van der Waals surface area contributed by atoms with E-state index in [2.05, 4.69) is 0 Å². The van der Waals surface area contributed by atoms with Gasteiger partial charge in [-0.05, 0) is 41.1 Å². The molecule has 162 valence electrons. The predicted octanol–water partition coefficient (Wildman–Crippen LogP) is 6.26. The van der Waals surface area contributed by atoms with Gasteiger partial charge in [0, 0.05) is 21.8 Å². The number of carbonyl (C=O) groups is 2. The van der Waals surface area contributed by atoms with Gasteiger partial charge in [0.05, 0.1) is 11.6 Å². The summed E-state index contributed by atoms with van der Waals surface area (Å²) in [5.41, 5.74) is 0.605. The van der Waals surface area contributed by atoms with Gasteiger partial charge in [0.2, 0.25) is 0 Å². The second kappa shape index (κ2) is 8.19. The summed E-state index contributed by atoms with van der Waals surface area (Å²) in [7, 11) is 0. The maximum atomic E-state index is 14.9. The van der Waals surface area contributed by atoms with E-state index < -0.39 is 23.5 Å². The second-order valence-corrected chi connectivity index (χ2v) is 8.17. The number of Topliss-reactive ketones (excluding diaryl/α,β-unsaturated/α-hetero) is 1. The summed E-state index contributed by atoms with van der Waals surface area (Å²) in [4.78, 5) is 27.5. The average Bonchev–Trinajstić information content (AvgIpc) is 3.09. The Morgan fingerprint density at radius 1 is 0.848 bits per heavy atom. The first-order valence-corrected chi connectivity index (χ1v) is 10.6. The maximum absolute atomic E-state index is 14.9. The minimum Gasteiger partial charge on any atom is -0.507 e. The van der Waals surface area contributed by atoms with E-state index in [9.17, 15) is 19.1 Å². The molecule has 1 heterocycles. The number of aliphatic hydroxyl groups is 1. The zero-order valence-electron chi connectivity index (χ0n) is 17.2. The van der Waals surface area contributed by atoms with Crippen LogP contribution in [0.15, 0.2) is 96.6 Å². The van der Waals surface area contributed by atoms with Crippen LogP contribution >= 0.6 is 11.6 Å². The molecule has 4 aromatic carbocycles. The van der Waals surface area contributed by atoms with Crippen LogP contribution in [-0.2, 0) is 9.59 Å². The molecule has 0 spiro atoms. The van der Waals surface area contributed by atoms with Crippen LogP contribution in [-0.4, -0.2) is 16.8 Å². The molecule has 4 nitrogen and oxygen atoms in total. The Morgan fingerprint density at radius 2 is 1.58 bits per heavy atom. The molecular formula is C27H17ClFNO3. The third-order valence-corrected chi connectivity index (χ3v) is 5.99. The van der Waals surface area contributed by atoms with Crippen LogP contribution in [0.3, 0.4) is 0 Å². The van der Waals surface area contributed by atoms with E-state index in [0.717, 1.165) is 10.8 Å². The highest BCUT2D eigenvalue weighted by atomic mass is 35.5. The number of hydrogen-bond donors (Lipinski definition) is 1. The Labute approximate surface area is 194 Å². The van der Waals surface area contributed by atoms with E-state index in [1.165, 1.54) is 29.2 Å². The third kappa shape index (κ3) is 3.56. The van der Waals surface area contributed by atoms with Crippen LogP contribution in [0.5, 0.6) is 0 Å². The van der Waals surface area contributed by atoms with Crippen molar-refractivity contribution >= 4 is 45.5 Å². The molecule has 33 heavy (non-hydrogen) atoms.